The van der Waals surface area contributed by atoms with Crippen LogP contribution in [0.5, 0.6) is 0 Å². The number of carbonyl (C=O) groups is 1. The summed E-state index contributed by atoms with van der Waals surface area (Å²) in [5.41, 5.74) is 9.04. The summed E-state index contributed by atoms with van der Waals surface area (Å²) in [5.74, 6) is 0.288. The van der Waals surface area contributed by atoms with Crippen LogP contribution in [0.1, 0.15) is 38.7 Å². The van der Waals surface area contributed by atoms with Gasteiger partial charge in [-0.2, -0.15) is 0 Å². The lowest BCUT2D eigenvalue weighted by Gasteiger charge is -2.22. The Kier molecular flexibility index (Phi) is 7.99. The Balaban J connectivity index is 1.68. The SMILES string of the molecule is CCCN(CCC)C(=O)C1=Cc2ccc(-c3cc4c(=O)n(CCS(C)(=O)=O)ccc4s3)cc2N=C(N)C1. The highest BCUT2D eigenvalue weighted by molar-refractivity contribution is 7.90. The highest BCUT2D eigenvalue weighted by atomic mass is 32.2. The van der Waals surface area contributed by atoms with Crippen molar-refractivity contribution in [1.82, 2.24) is 9.47 Å². The van der Waals surface area contributed by atoms with Gasteiger partial charge in [0.2, 0.25) is 5.91 Å². The number of hydrogen-bond donors (Lipinski definition) is 1. The Morgan fingerprint density at radius 3 is 2.57 bits per heavy atom. The molecule has 3 heterocycles. The van der Waals surface area contributed by atoms with Gasteiger partial charge in [0.1, 0.15) is 15.7 Å². The molecular weight excluding hydrogens is 508 g/mol. The lowest BCUT2D eigenvalue weighted by molar-refractivity contribution is -0.127. The van der Waals surface area contributed by atoms with Crippen LogP contribution in [0.3, 0.4) is 0 Å². The number of amidine groups is 1. The van der Waals surface area contributed by atoms with Gasteiger partial charge in [-0.25, -0.2) is 13.4 Å². The molecule has 3 aromatic rings. The number of hydrogen-bond acceptors (Lipinski definition) is 7. The molecule has 1 aliphatic heterocycles. The predicted molar refractivity (Wildman–Crippen MR) is 152 cm³/mol. The van der Waals surface area contributed by atoms with E-state index in [-0.39, 0.29) is 23.8 Å². The molecule has 0 fully saturated rings. The van der Waals surface area contributed by atoms with Gasteiger partial charge in [-0.05, 0) is 42.7 Å². The normalized spacial score (nSPS) is 13.6. The fraction of sp³-hybridized carbons (Fsp3) is 0.370. The third-order valence-electron chi connectivity index (χ3n) is 6.19. The fourth-order valence-corrected chi connectivity index (χ4v) is 5.97. The first-order valence-electron chi connectivity index (χ1n) is 12.4. The third kappa shape index (κ3) is 6.19. The van der Waals surface area contributed by atoms with E-state index in [4.69, 9.17) is 5.73 Å². The highest BCUT2D eigenvalue weighted by Crippen LogP contribution is 2.36. The van der Waals surface area contributed by atoms with Crippen molar-refractivity contribution in [2.24, 2.45) is 10.7 Å². The number of aliphatic imine (C=N–C) groups is 1. The van der Waals surface area contributed by atoms with Crippen LogP contribution in [0.2, 0.25) is 0 Å². The van der Waals surface area contributed by atoms with Crippen LogP contribution >= 0.6 is 11.3 Å². The number of aromatic nitrogens is 1. The van der Waals surface area contributed by atoms with E-state index in [0.717, 1.165) is 39.8 Å². The summed E-state index contributed by atoms with van der Waals surface area (Å²) in [6.07, 6.45) is 6.76. The zero-order valence-corrected chi connectivity index (χ0v) is 23.0. The Hall–Kier alpha value is -3.24. The lowest BCUT2D eigenvalue weighted by atomic mass is 10.0. The molecule has 196 valence electrons. The Bertz CT molecular complexity index is 1560. The van der Waals surface area contributed by atoms with Gasteiger partial charge in [-0.1, -0.05) is 26.0 Å². The van der Waals surface area contributed by atoms with E-state index in [9.17, 15) is 18.0 Å². The van der Waals surface area contributed by atoms with Crippen molar-refractivity contribution in [2.75, 3.05) is 25.1 Å². The molecule has 37 heavy (non-hydrogen) atoms. The maximum atomic E-state index is 13.2. The summed E-state index contributed by atoms with van der Waals surface area (Å²) in [7, 11) is -3.17. The molecule has 2 N–H and O–H groups in total. The molecule has 0 saturated carbocycles. The van der Waals surface area contributed by atoms with E-state index in [1.807, 2.05) is 41.3 Å². The maximum Gasteiger partial charge on any atom is 0.259 e. The first-order valence-corrected chi connectivity index (χ1v) is 15.2. The summed E-state index contributed by atoms with van der Waals surface area (Å²) in [6, 6.07) is 9.49. The van der Waals surface area contributed by atoms with Crippen molar-refractivity contribution in [2.45, 2.75) is 39.7 Å². The molecule has 1 aromatic carbocycles. The topological polar surface area (TPSA) is 115 Å². The van der Waals surface area contributed by atoms with Crippen LogP contribution in [0.25, 0.3) is 26.6 Å². The number of pyridine rings is 1. The van der Waals surface area contributed by atoms with Crippen LogP contribution < -0.4 is 11.3 Å². The molecule has 4 rings (SSSR count). The standard InChI is InChI=1S/C27H32N4O4S2/c1-4-9-30(10-5-2)26(32)20-14-18-6-7-19(15-22(18)29-25(28)16-20)24-17-21-23(36-24)8-11-31(27(21)33)12-13-37(3,34)35/h6-8,11,14-15,17H,4-5,9-10,12-13,16H2,1-3H3,(H2,28,29). The van der Waals surface area contributed by atoms with Crippen LogP contribution in [-0.4, -0.2) is 54.7 Å². The molecular formula is C27H32N4O4S2. The number of nitrogens with two attached hydrogens (primary N) is 1. The fourth-order valence-electron chi connectivity index (χ4n) is 4.40. The number of amides is 1. The van der Waals surface area contributed by atoms with Crippen LogP contribution in [0, 0.1) is 0 Å². The van der Waals surface area contributed by atoms with E-state index in [1.165, 1.54) is 15.9 Å². The summed E-state index contributed by atoms with van der Waals surface area (Å²) in [4.78, 5) is 33.5. The number of carbonyl (C=O) groups excluding carboxylic acids is 1. The van der Waals surface area contributed by atoms with Gasteiger partial charge in [0, 0.05) is 59.2 Å². The number of sulfone groups is 1. The molecule has 8 nitrogen and oxygen atoms in total. The first kappa shape index (κ1) is 26.8. The molecule has 0 saturated heterocycles. The smallest absolute Gasteiger partial charge is 0.259 e. The number of benzene rings is 1. The van der Waals surface area contributed by atoms with Gasteiger partial charge >= 0.3 is 0 Å². The number of rotatable bonds is 9. The number of thiophene rings is 1. The van der Waals surface area contributed by atoms with Crippen molar-refractivity contribution >= 4 is 54.8 Å². The van der Waals surface area contributed by atoms with Gasteiger partial charge in [0.15, 0.2) is 0 Å². The summed E-state index contributed by atoms with van der Waals surface area (Å²) >= 11 is 1.49. The highest BCUT2D eigenvalue weighted by Gasteiger charge is 2.21. The third-order valence-corrected chi connectivity index (χ3v) is 8.26. The van der Waals surface area contributed by atoms with E-state index in [2.05, 4.69) is 18.8 Å². The average Bonchev–Trinajstić information content (AvgIpc) is 3.20. The molecule has 0 bridgehead atoms. The molecule has 0 aliphatic carbocycles. The molecule has 1 aliphatic rings. The minimum absolute atomic E-state index is 0.00423. The van der Waals surface area contributed by atoms with Crippen molar-refractivity contribution in [3.05, 3.63) is 58.0 Å². The Labute approximate surface area is 221 Å². The van der Waals surface area contributed by atoms with Crippen molar-refractivity contribution < 1.29 is 13.2 Å². The zero-order valence-electron chi connectivity index (χ0n) is 21.4. The van der Waals surface area contributed by atoms with Gasteiger partial charge in [0.25, 0.3) is 5.56 Å². The van der Waals surface area contributed by atoms with Crippen molar-refractivity contribution in [3.63, 3.8) is 0 Å². The molecule has 0 radical (unpaired) electrons. The van der Waals surface area contributed by atoms with E-state index >= 15 is 0 Å². The zero-order chi connectivity index (χ0) is 26.7. The van der Waals surface area contributed by atoms with Crippen molar-refractivity contribution in [1.29, 1.82) is 0 Å². The lowest BCUT2D eigenvalue weighted by Crippen LogP contribution is -2.34. The van der Waals surface area contributed by atoms with Gasteiger partial charge in [-0.3, -0.25) is 9.59 Å². The van der Waals surface area contributed by atoms with Crippen LogP contribution in [0.15, 0.2) is 51.9 Å². The molecule has 2 aromatic heterocycles. The van der Waals surface area contributed by atoms with Gasteiger partial charge in [-0.15, -0.1) is 11.3 Å². The number of aryl methyl sites for hydroxylation is 1. The quantitative estimate of drug-likeness (QED) is 0.437. The van der Waals surface area contributed by atoms with Crippen molar-refractivity contribution in [3.8, 4) is 10.4 Å². The first-order chi connectivity index (χ1) is 17.6. The maximum absolute atomic E-state index is 13.2. The second-order valence-electron chi connectivity index (χ2n) is 9.35. The largest absolute Gasteiger partial charge is 0.387 e. The number of nitrogens with zero attached hydrogens (tertiary/aromatic N) is 3. The number of fused-ring (bicyclic) bond motifs is 2. The second kappa shape index (κ2) is 11.0. The Morgan fingerprint density at radius 2 is 1.89 bits per heavy atom. The summed E-state index contributed by atoms with van der Waals surface area (Å²) < 4.78 is 25.3. The molecule has 10 heteroatoms. The Morgan fingerprint density at radius 1 is 1.16 bits per heavy atom. The van der Waals surface area contributed by atoms with E-state index in [1.54, 1.807) is 6.20 Å². The van der Waals surface area contributed by atoms with Gasteiger partial charge in [0.05, 0.1) is 16.8 Å². The van der Waals surface area contributed by atoms with E-state index in [0.29, 0.717) is 42.0 Å². The van der Waals surface area contributed by atoms with Crippen LogP contribution in [0.4, 0.5) is 5.69 Å². The van der Waals surface area contributed by atoms with E-state index < -0.39 is 9.84 Å². The summed E-state index contributed by atoms with van der Waals surface area (Å²) in [5, 5.41) is 0.550. The molecule has 0 unspecified atom stereocenters. The van der Waals surface area contributed by atoms with Gasteiger partial charge < -0.3 is 15.2 Å². The predicted octanol–water partition coefficient (Wildman–Crippen LogP) is 4.20. The molecule has 1 amide bonds. The minimum Gasteiger partial charge on any atom is -0.387 e. The average molecular weight is 541 g/mol. The molecule has 0 spiro atoms. The molecule has 0 atom stereocenters. The van der Waals surface area contributed by atoms with Crippen LogP contribution in [-0.2, 0) is 21.2 Å². The second-order valence-corrected chi connectivity index (χ2v) is 12.7. The summed E-state index contributed by atoms with van der Waals surface area (Å²) in [6.45, 7) is 5.64. The minimum atomic E-state index is -3.17. The monoisotopic (exact) mass is 540 g/mol.